The highest BCUT2D eigenvalue weighted by Crippen LogP contribution is 2.29. The molecule has 0 fully saturated rings. The predicted octanol–water partition coefficient (Wildman–Crippen LogP) is 1.23. The summed E-state index contributed by atoms with van der Waals surface area (Å²) in [5.74, 6) is -0.542. The lowest BCUT2D eigenvalue weighted by molar-refractivity contribution is -0.384. The fourth-order valence-electron chi connectivity index (χ4n) is 1.52. The molecule has 0 atom stereocenters. The van der Waals surface area contributed by atoms with E-state index in [0.717, 1.165) is 5.56 Å². The van der Waals surface area contributed by atoms with E-state index in [1.54, 1.807) is 19.9 Å². The van der Waals surface area contributed by atoms with Gasteiger partial charge in [0.1, 0.15) is 5.69 Å². The molecule has 8 nitrogen and oxygen atoms in total. The molecule has 2 amide bonds. The molecule has 0 aliphatic rings. The lowest BCUT2D eigenvalue weighted by Crippen LogP contribution is -2.38. The molecule has 0 aliphatic heterocycles. The Bertz CT molecular complexity index is 526. The minimum absolute atomic E-state index is 0.0874. The summed E-state index contributed by atoms with van der Waals surface area (Å²) < 4.78 is 0. The van der Waals surface area contributed by atoms with Crippen LogP contribution in [0, 0.1) is 29.4 Å². The van der Waals surface area contributed by atoms with Crippen LogP contribution in [0.2, 0.25) is 0 Å². The number of rotatable bonds is 2. The summed E-state index contributed by atoms with van der Waals surface area (Å²) in [6.07, 6.45) is 0. The van der Waals surface area contributed by atoms with Crippen molar-refractivity contribution in [2.24, 2.45) is 5.73 Å². The van der Waals surface area contributed by atoms with Crippen LogP contribution in [-0.4, -0.2) is 16.9 Å². The van der Waals surface area contributed by atoms with E-state index in [9.17, 15) is 14.9 Å². The van der Waals surface area contributed by atoms with Crippen molar-refractivity contribution >= 4 is 23.4 Å². The zero-order chi connectivity index (χ0) is 13.9. The molecule has 0 bridgehead atoms. The number of urea groups is 1. The van der Waals surface area contributed by atoms with Gasteiger partial charge in [-0.25, -0.2) is 4.79 Å². The van der Waals surface area contributed by atoms with Gasteiger partial charge in [0.05, 0.1) is 4.92 Å². The fourth-order valence-corrected chi connectivity index (χ4v) is 1.52. The van der Waals surface area contributed by atoms with E-state index in [1.165, 1.54) is 6.07 Å². The number of nitro groups is 1. The second kappa shape index (κ2) is 5.13. The minimum Gasteiger partial charge on any atom is -0.370 e. The van der Waals surface area contributed by atoms with E-state index in [-0.39, 0.29) is 11.4 Å². The van der Waals surface area contributed by atoms with Crippen molar-refractivity contribution in [2.75, 3.05) is 5.32 Å². The van der Waals surface area contributed by atoms with E-state index in [4.69, 9.17) is 11.1 Å². The summed E-state index contributed by atoms with van der Waals surface area (Å²) in [7, 11) is 0. The van der Waals surface area contributed by atoms with Crippen LogP contribution in [-0.2, 0) is 0 Å². The van der Waals surface area contributed by atoms with Gasteiger partial charge in [-0.2, -0.15) is 0 Å². The number of benzene rings is 1. The molecule has 0 saturated heterocycles. The average molecular weight is 251 g/mol. The third kappa shape index (κ3) is 3.17. The maximum absolute atomic E-state index is 11.4. The molecule has 0 heterocycles. The van der Waals surface area contributed by atoms with E-state index >= 15 is 0 Å². The average Bonchev–Trinajstić information content (AvgIpc) is 2.20. The van der Waals surface area contributed by atoms with Gasteiger partial charge in [0, 0.05) is 6.07 Å². The molecule has 1 aromatic rings. The van der Waals surface area contributed by atoms with Gasteiger partial charge in [-0.1, -0.05) is 6.07 Å². The Labute approximate surface area is 103 Å². The van der Waals surface area contributed by atoms with Crippen molar-refractivity contribution in [3.05, 3.63) is 33.4 Å². The third-order valence-corrected chi connectivity index (χ3v) is 2.14. The highest BCUT2D eigenvalue weighted by molar-refractivity contribution is 6.02. The second-order valence-electron chi connectivity index (χ2n) is 3.73. The SMILES string of the molecule is Cc1cc(C)c(NC(=O)NC(=N)N)c([N+](=O)[O-])c1. The molecule has 0 radical (unpaired) electrons. The molecular formula is C10H13N5O3. The third-order valence-electron chi connectivity index (χ3n) is 2.14. The standard InChI is InChI=1S/C10H13N5O3/c1-5-3-6(2)8(7(4-5)15(17)18)13-10(16)14-9(11)12/h3-4H,1-2H3,(H5,11,12,13,14,16). The van der Waals surface area contributed by atoms with Gasteiger partial charge in [-0.15, -0.1) is 0 Å². The van der Waals surface area contributed by atoms with Gasteiger partial charge in [0.15, 0.2) is 5.96 Å². The summed E-state index contributed by atoms with van der Waals surface area (Å²) in [6, 6.07) is 2.27. The number of nitrogens with one attached hydrogen (secondary N) is 3. The Morgan fingerprint density at radius 1 is 1.44 bits per heavy atom. The summed E-state index contributed by atoms with van der Waals surface area (Å²) >= 11 is 0. The van der Waals surface area contributed by atoms with Gasteiger partial charge >= 0.3 is 6.03 Å². The lowest BCUT2D eigenvalue weighted by atomic mass is 10.1. The van der Waals surface area contributed by atoms with Crippen LogP contribution in [0.25, 0.3) is 0 Å². The monoisotopic (exact) mass is 251 g/mol. The van der Waals surface area contributed by atoms with Crippen LogP contribution in [0.15, 0.2) is 12.1 Å². The van der Waals surface area contributed by atoms with Crippen LogP contribution < -0.4 is 16.4 Å². The first-order chi connectivity index (χ1) is 8.31. The smallest absolute Gasteiger partial charge is 0.326 e. The zero-order valence-electron chi connectivity index (χ0n) is 9.90. The summed E-state index contributed by atoms with van der Waals surface area (Å²) in [4.78, 5) is 21.7. The molecule has 0 aliphatic carbocycles. The van der Waals surface area contributed by atoms with Crippen LogP contribution in [0.5, 0.6) is 0 Å². The number of carbonyl (C=O) groups is 1. The number of anilines is 1. The Hall–Kier alpha value is -2.64. The molecule has 96 valence electrons. The molecule has 18 heavy (non-hydrogen) atoms. The molecule has 1 aromatic carbocycles. The number of nitro benzene ring substituents is 1. The number of amides is 2. The molecule has 8 heteroatoms. The molecule has 0 spiro atoms. The number of hydrogen-bond acceptors (Lipinski definition) is 4. The summed E-state index contributed by atoms with van der Waals surface area (Å²) in [5.41, 5.74) is 6.14. The van der Waals surface area contributed by atoms with Crippen molar-refractivity contribution in [1.29, 1.82) is 5.41 Å². The van der Waals surface area contributed by atoms with Crippen molar-refractivity contribution < 1.29 is 9.72 Å². The number of guanidine groups is 1. The van der Waals surface area contributed by atoms with E-state index in [0.29, 0.717) is 5.56 Å². The maximum Gasteiger partial charge on any atom is 0.326 e. The molecule has 5 N–H and O–H groups in total. The van der Waals surface area contributed by atoms with Crippen molar-refractivity contribution in [3.63, 3.8) is 0 Å². The van der Waals surface area contributed by atoms with Gasteiger partial charge in [0.25, 0.3) is 5.69 Å². The Morgan fingerprint density at radius 2 is 2.06 bits per heavy atom. The first-order valence-corrected chi connectivity index (χ1v) is 4.99. The van der Waals surface area contributed by atoms with Crippen LogP contribution >= 0.6 is 0 Å². The van der Waals surface area contributed by atoms with Gasteiger partial charge in [-0.05, 0) is 25.0 Å². The van der Waals surface area contributed by atoms with E-state index in [2.05, 4.69) is 5.32 Å². The van der Waals surface area contributed by atoms with Crippen LogP contribution in [0.3, 0.4) is 0 Å². The van der Waals surface area contributed by atoms with Crippen LogP contribution in [0.1, 0.15) is 11.1 Å². The second-order valence-corrected chi connectivity index (χ2v) is 3.73. The van der Waals surface area contributed by atoms with Crippen molar-refractivity contribution in [1.82, 2.24) is 5.32 Å². The van der Waals surface area contributed by atoms with Crippen LogP contribution in [0.4, 0.5) is 16.2 Å². The fraction of sp³-hybridized carbons (Fsp3) is 0.200. The predicted molar refractivity (Wildman–Crippen MR) is 66.6 cm³/mol. The van der Waals surface area contributed by atoms with Gasteiger partial charge < -0.3 is 11.1 Å². The van der Waals surface area contributed by atoms with E-state index < -0.39 is 16.9 Å². The summed E-state index contributed by atoms with van der Waals surface area (Å²) in [6.45, 7) is 3.36. The largest absolute Gasteiger partial charge is 0.370 e. The number of hydrogen-bond donors (Lipinski definition) is 4. The highest BCUT2D eigenvalue weighted by atomic mass is 16.6. The normalized spacial score (nSPS) is 9.67. The lowest BCUT2D eigenvalue weighted by Gasteiger charge is -2.10. The first kappa shape index (κ1) is 13.4. The highest BCUT2D eigenvalue weighted by Gasteiger charge is 2.19. The van der Waals surface area contributed by atoms with Gasteiger partial charge in [-0.3, -0.25) is 20.8 Å². The van der Waals surface area contributed by atoms with E-state index in [1.807, 2.05) is 5.32 Å². The maximum atomic E-state index is 11.4. The minimum atomic E-state index is -0.794. The summed E-state index contributed by atoms with van der Waals surface area (Å²) in [5, 5.41) is 22.1. The first-order valence-electron chi connectivity index (χ1n) is 4.99. The number of carbonyl (C=O) groups excluding carboxylic acids is 1. The molecule has 1 rings (SSSR count). The van der Waals surface area contributed by atoms with Crippen molar-refractivity contribution in [2.45, 2.75) is 13.8 Å². The number of nitrogens with zero attached hydrogens (tertiary/aromatic N) is 1. The van der Waals surface area contributed by atoms with Crippen molar-refractivity contribution in [3.8, 4) is 0 Å². The quantitative estimate of drug-likeness (QED) is 0.272. The molecule has 0 unspecified atom stereocenters. The Kier molecular flexibility index (Phi) is 3.82. The molecule has 0 saturated carbocycles. The Balaban J connectivity index is 3.11. The molecule has 0 aromatic heterocycles. The Morgan fingerprint density at radius 3 is 2.56 bits per heavy atom. The zero-order valence-corrected chi connectivity index (χ0v) is 9.90. The number of aryl methyl sites for hydroxylation is 2. The van der Waals surface area contributed by atoms with Gasteiger partial charge in [0.2, 0.25) is 0 Å². The topological polar surface area (TPSA) is 134 Å². The number of nitrogens with two attached hydrogens (primary N) is 1. The molecular weight excluding hydrogens is 238 g/mol.